The van der Waals surface area contributed by atoms with Gasteiger partial charge in [0.25, 0.3) is 10.2 Å². The second-order valence-electron chi connectivity index (χ2n) is 8.59. The topological polar surface area (TPSA) is 158 Å². The van der Waals surface area contributed by atoms with Gasteiger partial charge in [-0.25, -0.2) is 10.1 Å². The van der Waals surface area contributed by atoms with Crippen LogP contribution in [0.5, 0.6) is 0 Å². The highest BCUT2D eigenvalue weighted by atomic mass is 32.2. The summed E-state index contributed by atoms with van der Waals surface area (Å²) in [5.74, 6) is -1.59. The van der Waals surface area contributed by atoms with E-state index in [-0.39, 0.29) is 18.1 Å². The SMILES string of the molecule is N#Cc1csc(CNC(=O)[C@@H]2CCCN2C(=O)[C@H](NS(N)(=O)=O)C(c2ccccc2)c2ccccc2)n1. The standard InChI is InChI=1S/C25H26N6O4S2/c26-14-19-16-36-21(29-19)15-28-24(32)20-12-7-13-31(20)25(33)23(30-37(27,34)35)22(17-8-3-1-4-9-17)18-10-5-2-6-11-18/h1-6,8-11,16,20,22-23,30H,7,12-13,15H2,(H,28,32)(H2,27,34,35)/t20-,23+/m0/s1. The highest BCUT2D eigenvalue weighted by Gasteiger charge is 2.42. The van der Waals surface area contributed by atoms with Gasteiger partial charge in [-0.15, -0.1) is 11.3 Å². The smallest absolute Gasteiger partial charge is 0.275 e. The first-order valence-electron chi connectivity index (χ1n) is 11.6. The molecule has 1 aromatic heterocycles. The van der Waals surface area contributed by atoms with E-state index >= 15 is 0 Å². The van der Waals surface area contributed by atoms with Crippen molar-refractivity contribution in [3.63, 3.8) is 0 Å². The molecule has 0 radical (unpaired) electrons. The van der Waals surface area contributed by atoms with Crippen molar-refractivity contribution in [1.29, 1.82) is 5.26 Å². The lowest BCUT2D eigenvalue weighted by Gasteiger charge is -2.33. The first kappa shape index (κ1) is 26.4. The van der Waals surface area contributed by atoms with Crippen LogP contribution in [0.3, 0.4) is 0 Å². The highest BCUT2D eigenvalue weighted by molar-refractivity contribution is 7.87. The first-order valence-corrected chi connectivity index (χ1v) is 14.0. The number of nitrogens with two attached hydrogens (primary N) is 1. The van der Waals surface area contributed by atoms with Gasteiger partial charge in [-0.2, -0.15) is 18.4 Å². The van der Waals surface area contributed by atoms with E-state index in [9.17, 15) is 18.0 Å². The van der Waals surface area contributed by atoms with Gasteiger partial charge in [0.2, 0.25) is 11.8 Å². The predicted molar refractivity (Wildman–Crippen MR) is 138 cm³/mol. The lowest BCUT2D eigenvalue weighted by atomic mass is 9.84. The van der Waals surface area contributed by atoms with E-state index in [1.807, 2.05) is 66.7 Å². The molecule has 3 aromatic rings. The van der Waals surface area contributed by atoms with Crippen molar-refractivity contribution in [2.75, 3.05) is 6.54 Å². The third kappa shape index (κ3) is 6.58. The molecule has 0 aliphatic carbocycles. The van der Waals surface area contributed by atoms with Crippen molar-refractivity contribution in [2.24, 2.45) is 5.14 Å². The first-order chi connectivity index (χ1) is 17.8. The van der Waals surface area contributed by atoms with Crippen LogP contribution in [0.2, 0.25) is 0 Å². The third-order valence-electron chi connectivity index (χ3n) is 6.13. The van der Waals surface area contributed by atoms with E-state index in [4.69, 9.17) is 10.4 Å². The number of carbonyl (C=O) groups excluding carboxylic acids is 2. The van der Waals surface area contributed by atoms with E-state index in [0.29, 0.717) is 24.4 Å². The molecule has 4 rings (SSSR count). The summed E-state index contributed by atoms with van der Waals surface area (Å²) in [7, 11) is -4.27. The van der Waals surface area contributed by atoms with Gasteiger partial charge in [0.1, 0.15) is 23.2 Å². The van der Waals surface area contributed by atoms with Crippen LogP contribution >= 0.6 is 11.3 Å². The van der Waals surface area contributed by atoms with Crippen LogP contribution in [0.1, 0.15) is 40.6 Å². The molecule has 4 N–H and O–H groups in total. The van der Waals surface area contributed by atoms with Gasteiger partial charge >= 0.3 is 0 Å². The van der Waals surface area contributed by atoms with Crippen molar-refractivity contribution in [3.05, 3.63) is 87.9 Å². The molecule has 2 atom stereocenters. The van der Waals surface area contributed by atoms with Crippen molar-refractivity contribution in [3.8, 4) is 6.07 Å². The quantitative estimate of drug-likeness (QED) is 0.375. The summed E-state index contributed by atoms with van der Waals surface area (Å²) in [6.45, 7) is 0.422. The van der Waals surface area contributed by atoms with Crippen molar-refractivity contribution in [2.45, 2.75) is 37.4 Å². The molecule has 12 heteroatoms. The lowest BCUT2D eigenvalue weighted by Crippen LogP contribution is -2.56. The number of aromatic nitrogens is 1. The Hall–Kier alpha value is -3.63. The molecule has 1 aliphatic rings. The van der Waals surface area contributed by atoms with Crippen LogP contribution in [-0.4, -0.2) is 48.7 Å². The number of nitrogens with one attached hydrogen (secondary N) is 2. The zero-order valence-corrected chi connectivity index (χ0v) is 21.4. The fraction of sp³-hybridized carbons (Fsp3) is 0.280. The summed E-state index contributed by atoms with van der Waals surface area (Å²) >= 11 is 1.26. The predicted octanol–water partition coefficient (Wildman–Crippen LogP) is 1.62. The molecule has 10 nitrogen and oxygen atoms in total. The number of amides is 2. The van der Waals surface area contributed by atoms with Gasteiger partial charge in [-0.1, -0.05) is 60.7 Å². The summed E-state index contributed by atoms with van der Waals surface area (Å²) in [5, 5.41) is 19.3. The number of hydrogen-bond donors (Lipinski definition) is 3. The Morgan fingerprint density at radius 3 is 2.30 bits per heavy atom. The van der Waals surface area contributed by atoms with Gasteiger partial charge in [-0.05, 0) is 24.0 Å². The summed E-state index contributed by atoms with van der Waals surface area (Å²) in [5.41, 5.74) is 1.72. The normalized spacial score (nSPS) is 16.4. The summed E-state index contributed by atoms with van der Waals surface area (Å²) in [6.07, 6.45) is 1.02. The minimum absolute atomic E-state index is 0.124. The van der Waals surface area contributed by atoms with Gasteiger partial charge in [0.15, 0.2) is 5.69 Å². The van der Waals surface area contributed by atoms with Crippen molar-refractivity contribution >= 4 is 33.4 Å². The Morgan fingerprint density at radius 2 is 1.76 bits per heavy atom. The molecular formula is C25H26N6O4S2. The molecular weight excluding hydrogens is 512 g/mol. The number of thiazole rings is 1. The second-order valence-corrected chi connectivity index (χ2v) is 10.9. The molecule has 1 aliphatic heterocycles. The molecule has 2 amide bonds. The molecule has 2 aromatic carbocycles. The number of likely N-dealkylation sites (tertiary alicyclic amines) is 1. The molecule has 37 heavy (non-hydrogen) atoms. The zero-order valence-electron chi connectivity index (χ0n) is 19.8. The molecule has 2 heterocycles. The fourth-order valence-corrected chi connectivity index (χ4v) is 5.79. The van der Waals surface area contributed by atoms with Gasteiger partial charge in [0.05, 0.1) is 6.54 Å². The van der Waals surface area contributed by atoms with Crippen LogP contribution in [0.15, 0.2) is 66.0 Å². The van der Waals surface area contributed by atoms with Crippen LogP contribution in [0.4, 0.5) is 0 Å². The Bertz CT molecular complexity index is 1350. The van der Waals surface area contributed by atoms with Crippen LogP contribution in [-0.2, 0) is 26.3 Å². The second kappa shape index (κ2) is 11.6. The average molecular weight is 539 g/mol. The molecule has 0 unspecified atom stereocenters. The molecule has 1 fully saturated rings. The lowest BCUT2D eigenvalue weighted by molar-refractivity contribution is -0.140. The zero-order chi connectivity index (χ0) is 26.4. The van der Waals surface area contributed by atoms with E-state index in [0.717, 1.165) is 11.1 Å². The number of carbonyl (C=O) groups is 2. The number of benzene rings is 2. The maximum absolute atomic E-state index is 14.0. The Morgan fingerprint density at radius 1 is 1.14 bits per heavy atom. The maximum atomic E-state index is 14.0. The summed E-state index contributed by atoms with van der Waals surface area (Å²) in [4.78, 5) is 32.6. The number of nitriles is 1. The number of hydrogen-bond acceptors (Lipinski definition) is 7. The average Bonchev–Trinajstić information content (AvgIpc) is 3.57. The molecule has 0 spiro atoms. The largest absolute Gasteiger partial charge is 0.348 e. The van der Waals surface area contributed by atoms with E-state index in [1.54, 1.807) is 5.38 Å². The van der Waals surface area contributed by atoms with E-state index in [1.165, 1.54) is 16.2 Å². The van der Waals surface area contributed by atoms with Crippen LogP contribution in [0, 0.1) is 11.3 Å². The Kier molecular flexibility index (Phi) is 8.30. The molecule has 0 bridgehead atoms. The summed E-state index contributed by atoms with van der Waals surface area (Å²) in [6, 6.07) is 18.1. The minimum Gasteiger partial charge on any atom is -0.348 e. The van der Waals surface area contributed by atoms with Gasteiger partial charge < -0.3 is 10.2 Å². The van der Waals surface area contributed by atoms with Crippen molar-refractivity contribution < 1.29 is 18.0 Å². The molecule has 1 saturated heterocycles. The van der Waals surface area contributed by atoms with Gasteiger partial charge in [0, 0.05) is 17.8 Å². The maximum Gasteiger partial charge on any atom is 0.275 e. The van der Waals surface area contributed by atoms with E-state index in [2.05, 4.69) is 15.0 Å². The molecule has 192 valence electrons. The highest BCUT2D eigenvalue weighted by Crippen LogP contribution is 2.31. The van der Waals surface area contributed by atoms with Crippen LogP contribution < -0.4 is 15.2 Å². The third-order valence-corrected chi connectivity index (χ3v) is 7.56. The van der Waals surface area contributed by atoms with E-state index < -0.39 is 34.1 Å². The molecule has 0 saturated carbocycles. The number of rotatable bonds is 9. The van der Waals surface area contributed by atoms with Gasteiger partial charge in [-0.3, -0.25) is 9.59 Å². The van der Waals surface area contributed by atoms with Crippen LogP contribution in [0.25, 0.3) is 0 Å². The Balaban J connectivity index is 1.62. The fourth-order valence-electron chi connectivity index (χ4n) is 4.54. The minimum atomic E-state index is -4.27. The van der Waals surface area contributed by atoms with Crippen molar-refractivity contribution in [1.82, 2.24) is 19.9 Å². The summed E-state index contributed by atoms with van der Waals surface area (Å²) < 4.78 is 26.8. The monoisotopic (exact) mass is 538 g/mol. The number of nitrogens with zero attached hydrogens (tertiary/aromatic N) is 3. The Labute approximate surface area is 219 Å².